The molecule has 29 heavy (non-hydrogen) atoms. The van der Waals surface area contributed by atoms with E-state index in [1.807, 2.05) is 24.6 Å². The standard InChI is InChI=1S/C18H21N7O3S/c1-4-5-8-25-15-13(16(26)20-17(25)27)23(2)12(19-15)10-29-18-22-21-14(24(18)3)11-7-6-9-28-11/h6-7,9H,4-5,8,10H2,1-3H3,(H,20,26,27). The number of fused-ring (bicyclic) bond motifs is 1. The lowest BCUT2D eigenvalue weighted by Gasteiger charge is -2.04. The van der Waals surface area contributed by atoms with Gasteiger partial charge in [0.15, 0.2) is 27.9 Å². The van der Waals surface area contributed by atoms with Crippen LogP contribution in [-0.2, 0) is 26.4 Å². The second-order valence-corrected chi connectivity index (χ2v) is 7.60. The van der Waals surface area contributed by atoms with Gasteiger partial charge in [-0.15, -0.1) is 10.2 Å². The van der Waals surface area contributed by atoms with Gasteiger partial charge in [0.1, 0.15) is 5.82 Å². The van der Waals surface area contributed by atoms with Crippen molar-refractivity contribution in [2.45, 2.75) is 37.2 Å². The van der Waals surface area contributed by atoms with E-state index in [1.165, 1.54) is 16.3 Å². The summed E-state index contributed by atoms with van der Waals surface area (Å²) in [5, 5.41) is 9.09. The Labute approximate surface area is 169 Å². The van der Waals surface area contributed by atoms with Gasteiger partial charge in [0, 0.05) is 20.6 Å². The summed E-state index contributed by atoms with van der Waals surface area (Å²) >= 11 is 1.45. The fourth-order valence-electron chi connectivity index (χ4n) is 3.13. The molecule has 0 saturated carbocycles. The van der Waals surface area contributed by atoms with E-state index in [0.717, 1.165) is 12.8 Å². The van der Waals surface area contributed by atoms with E-state index in [9.17, 15) is 9.59 Å². The number of nitrogens with zero attached hydrogens (tertiary/aromatic N) is 6. The Balaban J connectivity index is 1.66. The number of furan rings is 1. The molecule has 0 amide bonds. The predicted octanol–water partition coefficient (Wildman–Crippen LogP) is 1.90. The molecule has 0 aliphatic heterocycles. The molecule has 4 heterocycles. The van der Waals surface area contributed by atoms with Gasteiger partial charge in [-0.2, -0.15) is 0 Å². The number of aryl methyl sites for hydroxylation is 2. The topological polar surface area (TPSA) is 117 Å². The predicted molar refractivity (Wildman–Crippen MR) is 109 cm³/mol. The molecule has 0 aromatic carbocycles. The van der Waals surface area contributed by atoms with E-state index in [2.05, 4.69) is 20.2 Å². The van der Waals surface area contributed by atoms with Crippen LogP contribution < -0.4 is 11.2 Å². The summed E-state index contributed by atoms with van der Waals surface area (Å²) in [7, 11) is 3.64. The third kappa shape index (κ3) is 3.41. The van der Waals surface area contributed by atoms with Gasteiger partial charge in [-0.3, -0.25) is 14.3 Å². The van der Waals surface area contributed by atoms with Crippen LogP contribution in [0.2, 0.25) is 0 Å². The van der Waals surface area contributed by atoms with Crippen LogP contribution in [0.1, 0.15) is 25.6 Å². The van der Waals surface area contributed by atoms with Crippen LogP contribution in [0.4, 0.5) is 0 Å². The van der Waals surface area contributed by atoms with Crippen molar-refractivity contribution in [2.24, 2.45) is 14.1 Å². The van der Waals surface area contributed by atoms with Crippen molar-refractivity contribution in [1.29, 1.82) is 0 Å². The average Bonchev–Trinajstić information content (AvgIpc) is 3.40. The lowest BCUT2D eigenvalue weighted by Crippen LogP contribution is -2.31. The Morgan fingerprint density at radius 1 is 1.21 bits per heavy atom. The molecule has 4 aromatic rings. The van der Waals surface area contributed by atoms with E-state index < -0.39 is 11.2 Å². The molecule has 152 valence electrons. The van der Waals surface area contributed by atoms with Gasteiger partial charge >= 0.3 is 5.69 Å². The number of hydrogen-bond acceptors (Lipinski definition) is 7. The van der Waals surface area contributed by atoms with Crippen LogP contribution in [0.25, 0.3) is 22.7 Å². The van der Waals surface area contributed by atoms with E-state index in [4.69, 9.17) is 4.42 Å². The molecule has 0 unspecified atom stereocenters. The van der Waals surface area contributed by atoms with Crippen molar-refractivity contribution in [3.8, 4) is 11.6 Å². The van der Waals surface area contributed by atoms with Crippen LogP contribution in [0, 0.1) is 0 Å². The molecule has 0 spiro atoms. The smallest absolute Gasteiger partial charge is 0.330 e. The Morgan fingerprint density at radius 2 is 2.03 bits per heavy atom. The molecule has 0 aliphatic rings. The highest BCUT2D eigenvalue weighted by atomic mass is 32.2. The first-order chi connectivity index (χ1) is 14.0. The second kappa shape index (κ2) is 7.74. The Kier molecular flexibility index (Phi) is 5.14. The molecule has 0 saturated heterocycles. The number of hydrogen-bond donors (Lipinski definition) is 1. The molecule has 4 rings (SSSR count). The van der Waals surface area contributed by atoms with E-state index >= 15 is 0 Å². The maximum Gasteiger partial charge on any atom is 0.330 e. The maximum absolute atomic E-state index is 12.3. The number of aromatic nitrogens is 7. The van der Waals surface area contributed by atoms with Crippen molar-refractivity contribution >= 4 is 22.9 Å². The monoisotopic (exact) mass is 415 g/mol. The van der Waals surface area contributed by atoms with Gasteiger partial charge in [-0.1, -0.05) is 25.1 Å². The van der Waals surface area contributed by atoms with Crippen molar-refractivity contribution in [2.75, 3.05) is 0 Å². The lowest BCUT2D eigenvalue weighted by atomic mass is 10.3. The summed E-state index contributed by atoms with van der Waals surface area (Å²) in [6, 6.07) is 3.62. The molecule has 0 radical (unpaired) electrons. The number of H-pyrrole nitrogens is 1. The van der Waals surface area contributed by atoms with Crippen LogP contribution in [0.15, 0.2) is 37.6 Å². The van der Waals surface area contributed by atoms with E-state index in [-0.39, 0.29) is 0 Å². The molecule has 0 bridgehead atoms. The van der Waals surface area contributed by atoms with Gasteiger partial charge in [0.05, 0.1) is 12.0 Å². The summed E-state index contributed by atoms with van der Waals surface area (Å²) in [4.78, 5) is 31.6. The minimum atomic E-state index is -0.428. The summed E-state index contributed by atoms with van der Waals surface area (Å²) in [6.07, 6.45) is 3.36. The highest BCUT2D eigenvalue weighted by Crippen LogP contribution is 2.25. The van der Waals surface area contributed by atoms with Crippen LogP contribution >= 0.6 is 11.8 Å². The quantitative estimate of drug-likeness (QED) is 0.458. The van der Waals surface area contributed by atoms with Gasteiger partial charge in [-0.25, -0.2) is 9.78 Å². The fourth-order valence-corrected chi connectivity index (χ4v) is 4.03. The lowest BCUT2D eigenvalue weighted by molar-refractivity contribution is 0.572. The first-order valence-corrected chi connectivity index (χ1v) is 10.2. The van der Waals surface area contributed by atoms with Gasteiger partial charge in [0.2, 0.25) is 0 Å². The van der Waals surface area contributed by atoms with E-state index in [1.54, 1.807) is 23.9 Å². The zero-order valence-electron chi connectivity index (χ0n) is 16.4. The first-order valence-electron chi connectivity index (χ1n) is 9.25. The first kappa shape index (κ1) is 19.2. The van der Waals surface area contributed by atoms with Gasteiger partial charge in [-0.05, 0) is 18.6 Å². The van der Waals surface area contributed by atoms with Crippen LogP contribution in [0.5, 0.6) is 0 Å². The number of rotatable bonds is 7. The molecule has 4 aromatic heterocycles. The largest absolute Gasteiger partial charge is 0.461 e. The van der Waals surface area contributed by atoms with E-state index in [0.29, 0.717) is 46.0 Å². The van der Waals surface area contributed by atoms with Crippen LogP contribution in [0.3, 0.4) is 0 Å². The summed E-state index contributed by atoms with van der Waals surface area (Å²) in [5.74, 6) is 2.42. The second-order valence-electron chi connectivity index (χ2n) is 6.65. The number of aromatic amines is 1. The number of imidazole rings is 1. The highest BCUT2D eigenvalue weighted by molar-refractivity contribution is 7.98. The molecule has 0 atom stereocenters. The summed E-state index contributed by atoms with van der Waals surface area (Å²) in [5.41, 5.74) is -0.0440. The molecular weight excluding hydrogens is 394 g/mol. The van der Waals surface area contributed by atoms with Crippen molar-refractivity contribution in [3.63, 3.8) is 0 Å². The SMILES string of the molecule is CCCCn1c(=O)[nH]c(=O)c2c1nc(CSc1nnc(-c3ccco3)n1C)n2C. The molecule has 10 nitrogen and oxygen atoms in total. The average molecular weight is 415 g/mol. The number of nitrogens with one attached hydrogen (secondary N) is 1. The van der Waals surface area contributed by atoms with Crippen LogP contribution in [-0.4, -0.2) is 33.9 Å². The number of thioether (sulfide) groups is 1. The summed E-state index contributed by atoms with van der Waals surface area (Å²) < 4.78 is 10.5. The Bertz CT molecular complexity index is 1260. The maximum atomic E-state index is 12.3. The third-order valence-electron chi connectivity index (χ3n) is 4.75. The Morgan fingerprint density at radius 3 is 2.76 bits per heavy atom. The van der Waals surface area contributed by atoms with Crippen molar-refractivity contribution in [3.05, 3.63) is 45.1 Å². The molecule has 0 fully saturated rings. The van der Waals surface area contributed by atoms with Gasteiger partial charge in [0.25, 0.3) is 5.56 Å². The normalized spacial score (nSPS) is 11.6. The third-order valence-corrected chi connectivity index (χ3v) is 5.76. The Hall–Kier alpha value is -3.08. The summed E-state index contributed by atoms with van der Waals surface area (Å²) in [6.45, 7) is 2.56. The zero-order valence-corrected chi connectivity index (χ0v) is 17.2. The van der Waals surface area contributed by atoms with Crippen molar-refractivity contribution < 1.29 is 4.42 Å². The fraction of sp³-hybridized carbons (Fsp3) is 0.389. The van der Waals surface area contributed by atoms with Gasteiger partial charge < -0.3 is 13.6 Å². The molecule has 11 heteroatoms. The molecular formula is C18H21N7O3S. The minimum Gasteiger partial charge on any atom is -0.461 e. The van der Waals surface area contributed by atoms with Crippen molar-refractivity contribution in [1.82, 2.24) is 33.9 Å². The highest BCUT2D eigenvalue weighted by Gasteiger charge is 2.18. The molecule has 0 aliphatic carbocycles. The molecule has 1 N–H and O–H groups in total. The minimum absolute atomic E-state index is 0.394. The zero-order chi connectivity index (χ0) is 20.5. The number of unbranched alkanes of at least 4 members (excludes halogenated alkanes) is 1.